The fourth-order valence-electron chi connectivity index (χ4n) is 1.39. The second kappa shape index (κ2) is 6.00. The lowest BCUT2D eigenvalue weighted by molar-refractivity contribution is 0.0693. The first-order valence-corrected chi connectivity index (χ1v) is 5.03. The first-order valence-electron chi connectivity index (χ1n) is 5.03. The molecule has 0 spiro atoms. The molecule has 0 saturated carbocycles. The third-order valence-corrected chi connectivity index (χ3v) is 2.29. The van der Waals surface area contributed by atoms with Gasteiger partial charge in [-0.2, -0.15) is 0 Å². The SMILES string of the molecule is COCCC(=O)c1ccc(OC)c(C(=O)O)c1. The van der Waals surface area contributed by atoms with Crippen LogP contribution in [0.5, 0.6) is 5.75 Å². The smallest absolute Gasteiger partial charge is 0.339 e. The molecule has 5 nitrogen and oxygen atoms in total. The van der Waals surface area contributed by atoms with Crippen LogP contribution < -0.4 is 4.74 Å². The number of carboxylic acids is 1. The summed E-state index contributed by atoms with van der Waals surface area (Å²) >= 11 is 0. The van der Waals surface area contributed by atoms with Crippen LogP contribution in [0.3, 0.4) is 0 Å². The van der Waals surface area contributed by atoms with Crippen LogP contribution in [-0.2, 0) is 4.74 Å². The fraction of sp³-hybridized carbons (Fsp3) is 0.333. The molecule has 0 aliphatic rings. The molecule has 0 fully saturated rings. The van der Waals surface area contributed by atoms with Crippen molar-refractivity contribution in [1.82, 2.24) is 0 Å². The van der Waals surface area contributed by atoms with Gasteiger partial charge in [0.2, 0.25) is 0 Å². The summed E-state index contributed by atoms with van der Waals surface area (Å²) in [5, 5.41) is 8.96. The third kappa shape index (κ3) is 3.29. The summed E-state index contributed by atoms with van der Waals surface area (Å²) in [6.45, 7) is 0.313. The second-order valence-corrected chi connectivity index (χ2v) is 3.39. The van der Waals surface area contributed by atoms with Crippen molar-refractivity contribution in [3.63, 3.8) is 0 Å². The molecule has 0 aliphatic carbocycles. The van der Waals surface area contributed by atoms with Gasteiger partial charge in [-0.3, -0.25) is 4.79 Å². The Morgan fingerprint density at radius 1 is 1.29 bits per heavy atom. The molecule has 0 bridgehead atoms. The van der Waals surface area contributed by atoms with Gasteiger partial charge >= 0.3 is 5.97 Å². The molecular formula is C12H14O5. The van der Waals surface area contributed by atoms with E-state index < -0.39 is 5.97 Å². The predicted molar refractivity (Wildman–Crippen MR) is 60.8 cm³/mol. The molecule has 0 aliphatic heterocycles. The van der Waals surface area contributed by atoms with Crippen LogP contribution in [-0.4, -0.2) is 37.7 Å². The number of carbonyl (C=O) groups is 2. The van der Waals surface area contributed by atoms with Crippen LogP contribution in [0.15, 0.2) is 18.2 Å². The lowest BCUT2D eigenvalue weighted by atomic mass is 10.0. The van der Waals surface area contributed by atoms with Crippen molar-refractivity contribution in [3.05, 3.63) is 29.3 Å². The van der Waals surface area contributed by atoms with Gasteiger partial charge in [0.15, 0.2) is 5.78 Å². The normalized spacial score (nSPS) is 10.0. The predicted octanol–water partition coefficient (Wildman–Crippen LogP) is 1.61. The van der Waals surface area contributed by atoms with Crippen molar-refractivity contribution in [2.45, 2.75) is 6.42 Å². The first kappa shape index (κ1) is 13.2. The van der Waals surface area contributed by atoms with E-state index >= 15 is 0 Å². The number of aromatic carboxylic acids is 1. The summed E-state index contributed by atoms with van der Waals surface area (Å²) in [7, 11) is 2.89. The van der Waals surface area contributed by atoms with Gasteiger partial charge in [0.1, 0.15) is 11.3 Å². The maximum absolute atomic E-state index is 11.7. The van der Waals surface area contributed by atoms with E-state index in [2.05, 4.69) is 0 Å². The number of methoxy groups -OCH3 is 2. The quantitative estimate of drug-likeness (QED) is 0.762. The van der Waals surface area contributed by atoms with E-state index in [9.17, 15) is 9.59 Å². The number of rotatable bonds is 6. The van der Waals surface area contributed by atoms with E-state index in [1.807, 2.05) is 0 Å². The van der Waals surface area contributed by atoms with Crippen molar-refractivity contribution in [1.29, 1.82) is 0 Å². The highest BCUT2D eigenvalue weighted by atomic mass is 16.5. The minimum absolute atomic E-state index is 0.0178. The van der Waals surface area contributed by atoms with E-state index in [1.165, 1.54) is 26.4 Å². The van der Waals surface area contributed by atoms with Gasteiger partial charge in [-0.05, 0) is 18.2 Å². The minimum Gasteiger partial charge on any atom is -0.496 e. The van der Waals surface area contributed by atoms with Crippen molar-refractivity contribution in [2.75, 3.05) is 20.8 Å². The van der Waals surface area contributed by atoms with Crippen LogP contribution in [0, 0.1) is 0 Å². The number of ether oxygens (including phenoxy) is 2. The first-order chi connectivity index (χ1) is 8.10. The average Bonchev–Trinajstić information content (AvgIpc) is 2.34. The van der Waals surface area contributed by atoms with Gasteiger partial charge in [0.25, 0.3) is 0 Å². The second-order valence-electron chi connectivity index (χ2n) is 3.39. The summed E-state index contributed by atoms with van der Waals surface area (Å²) in [4.78, 5) is 22.6. The summed E-state index contributed by atoms with van der Waals surface area (Å²) in [6, 6.07) is 4.34. The molecule has 0 saturated heterocycles. The maximum Gasteiger partial charge on any atom is 0.339 e. The van der Waals surface area contributed by atoms with Crippen molar-refractivity contribution < 1.29 is 24.2 Å². The van der Waals surface area contributed by atoms with Crippen LogP contribution in [0.25, 0.3) is 0 Å². The molecular weight excluding hydrogens is 224 g/mol. The Hall–Kier alpha value is -1.88. The Bertz CT molecular complexity index is 425. The molecule has 1 N–H and O–H groups in total. The Morgan fingerprint density at radius 3 is 2.53 bits per heavy atom. The molecule has 0 heterocycles. The monoisotopic (exact) mass is 238 g/mol. The zero-order valence-corrected chi connectivity index (χ0v) is 9.73. The number of ketones is 1. The zero-order chi connectivity index (χ0) is 12.8. The number of Topliss-reactive ketones (excluding diaryl/α,β-unsaturated/α-hetero) is 1. The van der Waals surface area contributed by atoms with Gasteiger partial charge in [-0.15, -0.1) is 0 Å². The molecule has 1 aromatic carbocycles. The summed E-state index contributed by atoms with van der Waals surface area (Å²) in [5.74, 6) is -1.04. The number of carboxylic acid groups (broad SMARTS) is 1. The standard InChI is InChI=1S/C12H14O5/c1-16-6-5-10(13)8-3-4-11(17-2)9(7-8)12(14)15/h3-4,7H,5-6H2,1-2H3,(H,14,15). The Morgan fingerprint density at radius 2 is 2.00 bits per heavy atom. The number of hydrogen-bond donors (Lipinski definition) is 1. The van der Waals surface area contributed by atoms with Gasteiger partial charge in [0.05, 0.1) is 13.7 Å². The summed E-state index contributed by atoms with van der Waals surface area (Å²) in [6.07, 6.45) is 0.224. The molecule has 1 rings (SSSR count). The average molecular weight is 238 g/mol. The highest BCUT2D eigenvalue weighted by Gasteiger charge is 2.14. The van der Waals surface area contributed by atoms with Gasteiger partial charge in [-0.25, -0.2) is 4.79 Å². The molecule has 0 aromatic heterocycles. The molecule has 0 atom stereocenters. The minimum atomic E-state index is -1.12. The Labute approximate surface area is 99.0 Å². The van der Waals surface area contributed by atoms with Crippen molar-refractivity contribution in [3.8, 4) is 5.75 Å². The molecule has 92 valence electrons. The van der Waals surface area contributed by atoms with E-state index in [4.69, 9.17) is 14.6 Å². The molecule has 17 heavy (non-hydrogen) atoms. The fourth-order valence-corrected chi connectivity index (χ4v) is 1.39. The summed E-state index contributed by atoms with van der Waals surface area (Å²) in [5.41, 5.74) is 0.330. The molecule has 0 amide bonds. The van der Waals surface area contributed by atoms with Crippen LogP contribution in [0.1, 0.15) is 27.1 Å². The largest absolute Gasteiger partial charge is 0.496 e. The van der Waals surface area contributed by atoms with Crippen LogP contribution in [0.2, 0.25) is 0 Å². The zero-order valence-electron chi connectivity index (χ0n) is 9.73. The number of hydrogen-bond acceptors (Lipinski definition) is 4. The van der Waals surface area contributed by atoms with Crippen molar-refractivity contribution >= 4 is 11.8 Å². The van der Waals surface area contributed by atoms with E-state index in [0.29, 0.717) is 12.2 Å². The van der Waals surface area contributed by atoms with E-state index in [0.717, 1.165) is 0 Å². The topological polar surface area (TPSA) is 72.8 Å². The summed E-state index contributed by atoms with van der Waals surface area (Å²) < 4.78 is 9.70. The highest BCUT2D eigenvalue weighted by molar-refractivity contribution is 6.00. The third-order valence-electron chi connectivity index (χ3n) is 2.29. The van der Waals surface area contributed by atoms with Gasteiger partial charge < -0.3 is 14.6 Å². The maximum atomic E-state index is 11.7. The van der Waals surface area contributed by atoms with Crippen LogP contribution >= 0.6 is 0 Å². The van der Waals surface area contributed by atoms with Crippen LogP contribution in [0.4, 0.5) is 0 Å². The van der Waals surface area contributed by atoms with Crippen molar-refractivity contribution in [2.24, 2.45) is 0 Å². The molecule has 1 aromatic rings. The molecule has 0 unspecified atom stereocenters. The van der Waals surface area contributed by atoms with E-state index in [1.54, 1.807) is 6.07 Å². The lowest BCUT2D eigenvalue weighted by Crippen LogP contribution is -2.07. The Kier molecular flexibility index (Phi) is 4.66. The lowest BCUT2D eigenvalue weighted by Gasteiger charge is -2.07. The molecule has 5 heteroatoms. The Balaban J connectivity index is 2.99. The van der Waals surface area contributed by atoms with E-state index in [-0.39, 0.29) is 23.5 Å². The molecule has 0 radical (unpaired) electrons. The highest BCUT2D eigenvalue weighted by Crippen LogP contribution is 2.20. The number of benzene rings is 1. The van der Waals surface area contributed by atoms with Gasteiger partial charge in [-0.1, -0.05) is 0 Å². The van der Waals surface area contributed by atoms with Gasteiger partial charge in [0, 0.05) is 19.1 Å². The number of carbonyl (C=O) groups excluding carboxylic acids is 1.